The van der Waals surface area contributed by atoms with Gasteiger partial charge in [-0.3, -0.25) is 5.32 Å². The van der Waals surface area contributed by atoms with Crippen LogP contribution in [0.1, 0.15) is 25.1 Å². The van der Waals surface area contributed by atoms with Crippen molar-refractivity contribution in [3.05, 3.63) is 64.5 Å². The zero-order chi connectivity index (χ0) is 19.4. The van der Waals surface area contributed by atoms with Crippen molar-refractivity contribution >= 4 is 27.7 Å². The number of nitrogens with zero attached hydrogens (tertiary/aromatic N) is 3. The molecule has 142 valence electrons. The van der Waals surface area contributed by atoms with E-state index in [-0.39, 0.29) is 5.92 Å². The van der Waals surface area contributed by atoms with Gasteiger partial charge in [0, 0.05) is 23.3 Å². The number of methoxy groups -OCH3 is 1. The lowest BCUT2D eigenvalue weighted by Gasteiger charge is -2.32. The molecule has 0 bridgehead atoms. The van der Waals surface area contributed by atoms with Crippen LogP contribution in [0.5, 0.6) is 0 Å². The summed E-state index contributed by atoms with van der Waals surface area (Å²) < 4.78 is 13.7. The topological polar surface area (TPSA) is 77.8 Å². The van der Waals surface area contributed by atoms with Crippen molar-refractivity contribution in [2.24, 2.45) is 5.92 Å². The molecule has 1 aromatic carbocycles. The second-order valence-corrected chi connectivity index (χ2v) is 7.37. The number of hydrogen-bond acceptors (Lipinski definition) is 5. The number of rotatable bonds is 6. The molecule has 8 heteroatoms. The van der Waals surface area contributed by atoms with E-state index in [0.717, 1.165) is 4.47 Å². The molecule has 1 unspecified atom stereocenters. The third kappa shape index (κ3) is 3.96. The Hall–Kier alpha value is -2.45. The van der Waals surface area contributed by atoms with E-state index in [1.165, 1.54) is 7.11 Å². The molecule has 2 heterocycles. The quantitative estimate of drug-likeness (QED) is 0.600. The third-order valence-electron chi connectivity index (χ3n) is 4.00. The van der Waals surface area contributed by atoms with Crippen molar-refractivity contribution in [3.63, 3.8) is 0 Å². The highest BCUT2D eigenvalue weighted by atomic mass is 79.9. The van der Waals surface area contributed by atoms with Gasteiger partial charge in [0.15, 0.2) is 5.65 Å². The van der Waals surface area contributed by atoms with E-state index in [0.29, 0.717) is 23.5 Å². The van der Waals surface area contributed by atoms with E-state index in [1.807, 2.05) is 44.2 Å². The van der Waals surface area contributed by atoms with E-state index < -0.39 is 11.8 Å². The second kappa shape index (κ2) is 8.06. The molecule has 0 fully saturated rings. The first kappa shape index (κ1) is 19.3. The molecule has 2 aromatic heterocycles. The van der Waals surface area contributed by atoms with E-state index >= 15 is 0 Å². The van der Waals surface area contributed by atoms with E-state index in [2.05, 4.69) is 31.3 Å². The predicted octanol–water partition coefficient (Wildman–Crippen LogP) is 3.72. The summed E-state index contributed by atoms with van der Waals surface area (Å²) in [6.45, 7) is 4.24. The predicted molar refractivity (Wildman–Crippen MR) is 104 cm³/mol. The normalized spacial score (nSPS) is 13.5. The molecule has 0 radical (unpaired) electrons. The lowest BCUT2D eigenvalue weighted by atomic mass is 9.99. The molecule has 0 aliphatic carbocycles. The van der Waals surface area contributed by atoms with Crippen molar-refractivity contribution in [2.45, 2.75) is 19.6 Å². The molecular weight excluding hydrogens is 412 g/mol. The van der Waals surface area contributed by atoms with Crippen LogP contribution >= 0.6 is 15.9 Å². The van der Waals surface area contributed by atoms with Gasteiger partial charge in [0.2, 0.25) is 5.72 Å². The van der Waals surface area contributed by atoms with Crippen LogP contribution in [0.3, 0.4) is 0 Å². The number of ether oxygens (including phenoxy) is 2. The first-order chi connectivity index (χ1) is 13.0. The summed E-state index contributed by atoms with van der Waals surface area (Å²) in [4.78, 5) is 16.9. The Labute approximate surface area is 165 Å². The van der Waals surface area contributed by atoms with Gasteiger partial charge in [0.05, 0.1) is 12.8 Å². The molecular formula is C19H21BrN4O3. The number of alkyl carbamates (subject to hydrolysis) is 1. The number of carbonyl (C=O) groups is 1. The Morgan fingerprint density at radius 2 is 2.15 bits per heavy atom. The molecule has 7 nitrogen and oxygen atoms in total. The zero-order valence-corrected chi connectivity index (χ0v) is 16.9. The molecule has 0 aliphatic heterocycles. The lowest BCUT2D eigenvalue weighted by molar-refractivity contribution is -0.0143. The number of carbonyl (C=O) groups excluding carboxylic acids is 1. The van der Waals surface area contributed by atoms with Crippen LogP contribution in [0.25, 0.3) is 5.65 Å². The average molecular weight is 433 g/mol. The smallest absolute Gasteiger partial charge is 0.409 e. The minimum Gasteiger partial charge on any atom is -0.449 e. The summed E-state index contributed by atoms with van der Waals surface area (Å²) in [7, 11) is 1.52. The Morgan fingerprint density at radius 3 is 2.85 bits per heavy atom. The highest BCUT2D eigenvalue weighted by Gasteiger charge is 2.40. The van der Waals surface area contributed by atoms with Gasteiger partial charge in [-0.1, -0.05) is 41.9 Å². The number of benzene rings is 1. The summed E-state index contributed by atoms with van der Waals surface area (Å²) in [6, 6.07) is 11.1. The maximum atomic E-state index is 12.5. The fraction of sp³-hybridized carbons (Fsp3) is 0.316. The molecule has 1 N–H and O–H groups in total. The Kier molecular flexibility index (Phi) is 5.76. The first-order valence-electron chi connectivity index (χ1n) is 8.51. The molecule has 3 rings (SSSR count). The van der Waals surface area contributed by atoms with Crippen LogP contribution in [0.4, 0.5) is 4.79 Å². The maximum absolute atomic E-state index is 12.5. The van der Waals surface area contributed by atoms with Crippen molar-refractivity contribution in [1.29, 1.82) is 0 Å². The fourth-order valence-electron chi connectivity index (χ4n) is 2.76. The van der Waals surface area contributed by atoms with Gasteiger partial charge in [-0.25, -0.2) is 14.3 Å². The SMILES string of the molecule is COC(NC(=O)OCC(C)C)(c1cccc(Br)c1)c1cnc2cccnn12. The Bertz CT molecular complexity index is 943. The number of halogens is 1. The number of hydrogen-bond donors (Lipinski definition) is 1. The fourth-order valence-corrected chi connectivity index (χ4v) is 3.16. The first-order valence-corrected chi connectivity index (χ1v) is 9.31. The van der Waals surface area contributed by atoms with Gasteiger partial charge in [-0.15, -0.1) is 0 Å². The van der Waals surface area contributed by atoms with Crippen molar-refractivity contribution in [2.75, 3.05) is 13.7 Å². The molecule has 1 atom stereocenters. The van der Waals surface area contributed by atoms with Gasteiger partial charge >= 0.3 is 6.09 Å². The standard InChI is InChI=1S/C19H21BrN4O3/c1-13(2)12-27-18(25)23-19(26-3,14-6-4-7-15(20)10-14)16-11-21-17-8-5-9-22-24(16)17/h4-11,13H,12H2,1-3H3,(H,23,25). The molecule has 27 heavy (non-hydrogen) atoms. The number of aromatic nitrogens is 3. The van der Waals surface area contributed by atoms with Crippen LogP contribution in [0.2, 0.25) is 0 Å². The monoisotopic (exact) mass is 432 g/mol. The van der Waals surface area contributed by atoms with Crippen LogP contribution in [0.15, 0.2) is 53.3 Å². The van der Waals surface area contributed by atoms with Crippen LogP contribution in [-0.4, -0.2) is 34.4 Å². The van der Waals surface area contributed by atoms with E-state index in [4.69, 9.17) is 9.47 Å². The summed E-state index contributed by atoms with van der Waals surface area (Å²) in [5.41, 5.74) is 0.570. The minimum absolute atomic E-state index is 0.219. The summed E-state index contributed by atoms with van der Waals surface area (Å²) in [6.07, 6.45) is 2.70. The second-order valence-electron chi connectivity index (χ2n) is 6.45. The summed E-state index contributed by atoms with van der Waals surface area (Å²) >= 11 is 3.48. The maximum Gasteiger partial charge on any atom is 0.409 e. The summed E-state index contributed by atoms with van der Waals surface area (Å²) in [5, 5.41) is 7.22. The van der Waals surface area contributed by atoms with Gasteiger partial charge in [-0.05, 0) is 30.2 Å². The highest BCUT2D eigenvalue weighted by Crippen LogP contribution is 2.32. The van der Waals surface area contributed by atoms with Gasteiger partial charge in [0.25, 0.3) is 0 Å². The minimum atomic E-state index is -1.33. The Balaban J connectivity index is 2.11. The Morgan fingerprint density at radius 1 is 1.33 bits per heavy atom. The highest BCUT2D eigenvalue weighted by molar-refractivity contribution is 9.10. The lowest BCUT2D eigenvalue weighted by Crippen LogP contribution is -2.49. The van der Waals surface area contributed by atoms with Gasteiger partial charge in [-0.2, -0.15) is 5.10 Å². The van der Waals surface area contributed by atoms with Gasteiger partial charge in [0.1, 0.15) is 5.69 Å². The van der Waals surface area contributed by atoms with Crippen molar-refractivity contribution < 1.29 is 14.3 Å². The van der Waals surface area contributed by atoms with Crippen LogP contribution in [-0.2, 0) is 15.2 Å². The van der Waals surface area contributed by atoms with Crippen LogP contribution < -0.4 is 5.32 Å². The average Bonchev–Trinajstić information content (AvgIpc) is 3.09. The molecule has 3 aromatic rings. The van der Waals surface area contributed by atoms with E-state index in [1.54, 1.807) is 23.0 Å². The summed E-state index contributed by atoms with van der Waals surface area (Å²) in [5.74, 6) is 0.219. The molecule has 0 aliphatic rings. The zero-order valence-electron chi connectivity index (χ0n) is 15.3. The molecule has 0 spiro atoms. The number of imidazole rings is 1. The number of amides is 1. The molecule has 0 saturated carbocycles. The number of fused-ring (bicyclic) bond motifs is 1. The third-order valence-corrected chi connectivity index (χ3v) is 4.49. The van der Waals surface area contributed by atoms with Crippen LogP contribution in [0, 0.1) is 5.92 Å². The number of nitrogens with one attached hydrogen (secondary N) is 1. The van der Waals surface area contributed by atoms with E-state index in [9.17, 15) is 4.79 Å². The largest absolute Gasteiger partial charge is 0.449 e. The van der Waals surface area contributed by atoms with Crippen molar-refractivity contribution in [1.82, 2.24) is 19.9 Å². The van der Waals surface area contributed by atoms with Gasteiger partial charge < -0.3 is 9.47 Å². The van der Waals surface area contributed by atoms with Crippen molar-refractivity contribution in [3.8, 4) is 0 Å². The molecule has 1 amide bonds. The molecule has 0 saturated heterocycles.